The summed E-state index contributed by atoms with van der Waals surface area (Å²) in [5, 5.41) is 14.6. The summed E-state index contributed by atoms with van der Waals surface area (Å²) in [7, 11) is 1.89. The van der Waals surface area contributed by atoms with Gasteiger partial charge in [-0.05, 0) is 30.7 Å². The summed E-state index contributed by atoms with van der Waals surface area (Å²) in [4.78, 5) is 0. The zero-order chi connectivity index (χ0) is 11.5. The van der Waals surface area contributed by atoms with Gasteiger partial charge in [0.1, 0.15) is 6.10 Å². The quantitative estimate of drug-likeness (QED) is 0.853. The van der Waals surface area contributed by atoms with Crippen LogP contribution in [0.1, 0.15) is 50.8 Å². The lowest BCUT2D eigenvalue weighted by atomic mass is 9.77. The minimum Gasteiger partial charge on any atom is -0.386 e. The van der Waals surface area contributed by atoms with Gasteiger partial charge in [0.15, 0.2) is 0 Å². The van der Waals surface area contributed by atoms with Crippen LogP contribution in [-0.4, -0.2) is 14.9 Å². The second kappa shape index (κ2) is 5.00. The molecule has 1 N–H and O–H groups in total. The van der Waals surface area contributed by atoms with E-state index in [1.165, 1.54) is 19.3 Å². The van der Waals surface area contributed by atoms with Crippen molar-refractivity contribution < 1.29 is 5.11 Å². The monoisotopic (exact) mass is 222 g/mol. The zero-order valence-corrected chi connectivity index (χ0v) is 10.3. The van der Waals surface area contributed by atoms with E-state index in [4.69, 9.17) is 0 Å². The van der Waals surface area contributed by atoms with Crippen molar-refractivity contribution in [2.24, 2.45) is 18.9 Å². The molecule has 90 valence electrons. The van der Waals surface area contributed by atoms with Gasteiger partial charge in [0.25, 0.3) is 0 Å². The third kappa shape index (κ3) is 2.46. The Morgan fingerprint density at radius 3 is 3.00 bits per heavy atom. The molecule has 16 heavy (non-hydrogen) atoms. The number of hydrogen-bond donors (Lipinski definition) is 1. The minimum absolute atomic E-state index is 0.365. The highest BCUT2D eigenvalue weighted by molar-refractivity contribution is 5.04. The first kappa shape index (κ1) is 11.6. The summed E-state index contributed by atoms with van der Waals surface area (Å²) >= 11 is 0. The van der Waals surface area contributed by atoms with Gasteiger partial charge in [-0.2, -0.15) is 5.10 Å². The summed E-state index contributed by atoms with van der Waals surface area (Å²) in [5.74, 6) is 1.21. The second-order valence-electron chi connectivity index (χ2n) is 5.06. The van der Waals surface area contributed by atoms with E-state index < -0.39 is 0 Å². The van der Waals surface area contributed by atoms with Gasteiger partial charge >= 0.3 is 0 Å². The van der Waals surface area contributed by atoms with E-state index in [2.05, 4.69) is 12.0 Å². The third-order valence-electron chi connectivity index (χ3n) is 3.88. The fourth-order valence-corrected chi connectivity index (χ4v) is 2.82. The van der Waals surface area contributed by atoms with Gasteiger partial charge in [0, 0.05) is 13.2 Å². The number of aryl methyl sites for hydroxylation is 1. The number of aliphatic hydroxyl groups excluding tert-OH is 1. The van der Waals surface area contributed by atoms with Crippen LogP contribution in [0.3, 0.4) is 0 Å². The normalized spacial score (nSPS) is 27.9. The first-order chi connectivity index (χ1) is 7.70. The van der Waals surface area contributed by atoms with Crippen molar-refractivity contribution in [2.45, 2.75) is 45.1 Å². The Labute approximate surface area is 97.5 Å². The molecule has 0 bridgehead atoms. The Balaban J connectivity index is 2.01. The second-order valence-corrected chi connectivity index (χ2v) is 5.06. The number of aliphatic hydroxyl groups is 1. The maximum absolute atomic E-state index is 10.3. The van der Waals surface area contributed by atoms with Crippen molar-refractivity contribution in [3.8, 4) is 0 Å². The molecule has 1 aromatic heterocycles. The maximum Gasteiger partial charge on any atom is 0.101 e. The van der Waals surface area contributed by atoms with Crippen LogP contribution in [0.5, 0.6) is 0 Å². The molecular weight excluding hydrogens is 200 g/mol. The highest BCUT2D eigenvalue weighted by atomic mass is 16.3. The number of hydrogen-bond acceptors (Lipinski definition) is 2. The molecule has 1 fully saturated rings. The standard InChI is InChI=1S/C13H22N2O/c1-3-10-5-4-6-11(9-10)13(16)12-7-8-15(2)14-12/h7-8,10-11,13,16H,3-6,9H2,1-2H3. The van der Waals surface area contributed by atoms with Gasteiger partial charge in [0.2, 0.25) is 0 Å². The van der Waals surface area contributed by atoms with Gasteiger partial charge in [-0.3, -0.25) is 4.68 Å². The molecule has 0 aromatic carbocycles. The van der Waals surface area contributed by atoms with Crippen molar-refractivity contribution in [2.75, 3.05) is 0 Å². The molecule has 0 aliphatic heterocycles. The summed E-state index contributed by atoms with van der Waals surface area (Å²) < 4.78 is 1.76. The Hall–Kier alpha value is -0.830. The van der Waals surface area contributed by atoms with Crippen LogP contribution in [0.2, 0.25) is 0 Å². The molecular formula is C13H22N2O. The molecule has 1 aliphatic carbocycles. The predicted octanol–water partition coefficient (Wildman–Crippen LogP) is 2.67. The van der Waals surface area contributed by atoms with Gasteiger partial charge < -0.3 is 5.11 Å². The first-order valence-corrected chi connectivity index (χ1v) is 6.38. The minimum atomic E-state index is -0.365. The number of nitrogens with zero attached hydrogens (tertiary/aromatic N) is 2. The Morgan fingerprint density at radius 2 is 2.38 bits per heavy atom. The van der Waals surface area contributed by atoms with Crippen LogP contribution < -0.4 is 0 Å². The van der Waals surface area contributed by atoms with Crippen LogP contribution in [0.15, 0.2) is 12.3 Å². The van der Waals surface area contributed by atoms with Crippen molar-refractivity contribution in [1.82, 2.24) is 9.78 Å². The summed E-state index contributed by atoms with van der Waals surface area (Å²) in [6.07, 6.45) is 7.68. The van der Waals surface area contributed by atoms with E-state index in [0.29, 0.717) is 5.92 Å². The fourth-order valence-electron chi connectivity index (χ4n) is 2.82. The van der Waals surface area contributed by atoms with Crippen molar-refractivity contribution in [3.63, 3.8) is 0 Å². The number of rotatable bonds is 3. The Morgan fingerprint density at radius 1 is 1.56 bits per heavy atom. The van der Waals surface area contributed by atoms with Gasteiger partial charge in [-0.25, -0.2) is 0 Å². The van der Waals surface area contributed by atoms with E-state index in [9.17, 15) is 5.11 Å². The van der Waals surface area contributed by atoms with Crippen molar-refractivity contribution >= 4 is 0 Å². The number of aromatic nitrogens is 2. The van der Waals surface area contributed by atoms with Crippen LogP contribution in [-0.2, 0) is 7.05 Å². The van der Waals surface area contributed by atoms with E-state index in [1.54, 1.807) is 4.68 Å². The molecule has 3 heteroatoms. The molecule has 1 aromatic rings. The first-order valence-electron chi connectivity index (χ1n) is 6.38. The average Bonchev–Trinajstić information content (AvgIpc) is 2.75. The molecule has 0 spiro atoms. The molecule has 3 nitrogen and oxygen atoms in total. The lowest BCUT2D eigenvalue weighted by Crippen LogP contribution is -2.21. The molecule has 0 amide bonds. The third-order valence-corrected chi connectivity index (χ3v) is 3.88. The van der Waals surface area contributed by atoms with Gasteiger partial charge in [-0.1, -0.05) is 26.2 Å². The average molecular weight is 222 g/mol. The van der Waals surface area contributed by atoms with Crippen molar-refractivity contribution in [1.29, 1.82) is 0 Å². The molecule has 3 unspecified atom stereocenters. The van der Waals surface area contributed by atoms with Crippen LogP contribution in [0.4, 0.5) is 0 Å². The van der Waals surface area contributed by atoms with E-state index in [-0.39, 0.29) is 6.10 Å². The summed E-state index contributed by atoms with van der Waals surface area (Å²) in [6, 6.07) is 1.93. The van der Waals surface area contributed by atoms with E-state index >= 15 is 0 Å². The summed E-state index contributed by atoms with van der Waals surface area (Å²) in [5.41, 5.74) is 0.837. The largest absolute Gasteiger partial charge is 0.386 e. The fraction of sp³-hybridized carbons (Fsp3) is 0.769. The lowest BCUT2D eigenvalue weighted by molar-refractivity contribution is 0.0641. The Bertz CT molecular complexity index is 334. The molecule has 0 radical (unpaired) electrons. The van der Waals surface area contributed by atoms with E-state index in [0.717, 1.165) is 24.5 Å². The van der Waals surface area contributed by atoms with Crippen LogP contribution in [0, 0.1) is 11.8 Å². The lowest BCUT2D eigenvalue weighted by Gasteiger charge is -2.31. The molecule has 1 saturated carbocycles. The van der Waals surface area contributed by atoms with Gasteiger partial charge in [0.05, 0.1) is 5.69 Å². The SMILES string of the molecule is CCC1CCCC(C(O)c2ccn(C)n2)C1. The topological polar surface area (TPSA) is 38.0 Å². The molecule has 2 rings (SSSR count). The van der Waals surface area contributed by atoms with Crippen molar-refractivity contribution in [3.05, 3.63) is 18.0 Å². The predicted molar refractivity (Wildman–Crippen MR) is 63.9 cm³/mol. The van der Waals surface area contributed by atoms with Gasteiger partial charge in [-0.15, -0.1) is 0 Å². The Kier molecular flexibility index (Phi) is 3.64. The summed E-state index contributed by atoms with van der Waals surface area (Å²) in [6.45, 7) is 2.25. The van der Waals surface area contributed by atoms with Crippen LogP contribution >= 0.6 is 0 Å². The smallest absolute Gasteiger partial charge is 0.101 e. The maximum atomic E-state index is 10.3. The molecule has 3 atom stereocenters. The van der Waals surface area contributed by atoms with Crippen LogP contribution in [0.25, 0.3) is 0 Å². The molecule has 1 aliphatic rings. The highest BCUT2D eigenvalue weighted by Crippen LogP contribution is 2.37. The molecule has 0 saturated heterocycles. The highest BCUT2D eigenvalue weighted by Gasteiger charge is 2.28. The van der Waals surface area contributed by atoms with E-state index in [1.807, 2.05) is 19.3 Å². The zero-order valence-electron chi connectivity index (χ0n) is 10.3. The molecule has 1 heterocycles.